The Kier molecular flexibility index (Phi) is 3.44. The topological polar surface area (TPSA) is 15.3 Å². The highest BCUT2D eigenvalue weighted by Crippen LogP contribution is 2.40. The van der Waals surface area contributed by atoms with Gasteiger partial charge in [0.05, 0.1) is 0 Å². The number of hydrogen-bond donors (Lipinski definition) is 1. The Morgan fingerprint density at radius 2 is 1.47 bits per heavy atom. The smallest absolute Gasteiger partial charge is 0.128 e. The maximum atomic E-state index is 13.3. The highest BCUT2D eigenvalue weighted by molar-refractivity contribution is 5.47. The van der Waals surface area contributed by atoms with Crippen LogP contribution in [0.1, 0.15) is 25.7 Å². The third-order valence-corrected chi connectivity index (χ3v) is 4.70. The zero-order valence-electron chi connectivity index (χ0n) is 11.1. The summed E-state index contributed by atoms with van der Waals surface area (Å²) < 4.78 is 26.5. The molecule has 1 spiro atoms. The van der Waals surface area contributed by atoms with E-state index < -0.39 is 11.6 Å². The Balaban J connectivity index is 1.69. The lowest BCUT2D eigenvalue weighted by Gasteiger charge is -2.45. The molecule has 0 atom stereocenters. The van der Waals surface area contributed by atoms with Crippen LogP contribution in [0.3, 0.4) is 0 Å². The van der Waals surface area contributed by atoms with E-state index in [0.29, 0.717) is 11.1 Å². The Hall–Kier alpha value is -1.16. The third-order valence-electron chi connectivity index (χ3n) is 4.70. The van der Waals surface area contributed by atoms with Crippen molar-refractivity contribution < 1.29 is 8.78 Å². The van der Waals surface area contributed by atoms with Crippen molar-refractivity contribution in [1.29, 1.82) is 0 Å². The standard InChI is InChI=1S/C15H20F2N2/c16-12-9-13(17)11-14(10-12)19-7-3-15(4-8-19)1-5-18-6-2-15/h9-11,18H,1-8H2. The van der Waals surface area contributed by atoms with Gasteiger partial charge in [-0.2, -0.15) is 0 Å². The van der Waals surface area contributed by atoms with Crippen molar-refractivity contribution in [3.63, 3.8) is 0 Å². The summed E-state index contributed by atoms with van der Waals surface area (Å²) in [4.78, 5) is 2.11. The summed E-state index contributed by atoms with van der Waals surface area (Å²) in [5.41, 5.74) is 1.15. The third kappa shape index (κ3) is 2.73. The summed E-state index contributed by atoms with van der Waals surface area (Å²) in [5.74, 6) is -0.977. The first-order valence-electron chi connectivity index (χ1n) is 7.09. The van der Waals surface area contributed by atoms with Gasteiger partial charge in [0.25, 0.3) is 0 Å². The molecule has 2 aliphatic heterocycles. The highest BCUT2D eigenvalue weighted by Gasteiger charge is 2.35. The summed E-state index contributed by atoms with van der Waals surface area (Å²) in [6.45, 7) is 4.02. The lowest BCUT2D eigenvalue weighted by atomic mass is 9.71. The molecule has 2 saturated heterocycles. The van der Waals surface area contributed by atoms with Gasteiger partial charge in [0, 0.05) is 24.8 Å². The molecule has 0 bridgehead atoms. The van der Waals surface area contributed by atoms with Crippen molar-refractivity contribution in [2.75, 3.05) is 31.1 Å². The number of piperidine rings is 2. The minimum Gasteiger partial charge on any atom is -0.371 e. The van der Waals surface area contributed by atoms with Crippen molar-refractivity contribution >= 4 is 5.69 Å². The molecular formula is C15H20F2N2. The molecule has 1 aromatic rings. The van der Waals surface area contributed by atoms with Crippen LogP contribution >= 0.6 is 0 Å². The largest absolute Gasteiger partial charge is 0.371 e. The molecular weight excluding hydrogens is 246 g/mol. The highest BCUT2D eigenvalue weighted by atomic mass is 19.1. The molecule has 1 aromatic carbocycles. The monoisotopic (exact) mass is 266 g/mol. The zero-order chi connectivity index (χ0) is 13.3. The molecule has 2 heterocycles. The minimum atomic E-state index is -0.489. The van der Waals surface area contributed by atoms with Crippen molar-refractivity contribution in [3.8, 4) is 0 Å². The van der Waals surface area contributed by atoms with Gasteiger partial charge in [0.1, 0.15) is 11.6 Å². The van der Waals surface area contributed by atoms with E-state index in [1.807, 2.05) is 0 Å². The van der Waals surface area contributed by atoms with Crippen LogP contribution in [0.15, 0.2) is 18.2 Å². The van der Waals surface area contributed by atoms with Gasteiger partial charge in [0.2, 0.25) is 0 Å². The molecule has 2 nitrogen and oxygen atoms in total. The molecule has 2 fully saturated rings. The number of hydrogen-bond acceptors (Lipinski definition) is 2. The quantitative estimate of drug-likeness (QED) is 0.840. The number of rotatable bonds is 1. The van der Waals surface area contributed by atoms with Crippen LogP contribution in [-0.2, 0) is 0 Å². The van der Waals surface area contributed by atoms with Crippen molar-refractivity contribution in [1.82, 2.24) is 5.32 Å². The van der Waals surface area contributed by atoms with E-state index in [4.69, 9.17) is 0 Å². The van der Waals surface area contributed by atoms with E-state index in [2.05, 4.69) is 10.2 Å². The predicted molar refractivity (Wildman–Crippen MR) is 72.3 cm³/mol. The summed E-state index contributed by atoms with van der Waals surface area (Å²) in [5, 5.41) is 3.40. The van der Waals surface area contributed by atoms with Crippen LogP contribution in [0.2, 0.25) is 0 Å². The van der Waals surface area contributed by atoms with Gasteiger partial charge in [-0.15, -0.1) is 0 Å². The van der Waals surface area contributed by atoms with Crippen LogP contribution in [0, 0.1) is 17.0 Å². The fourth-order valence-electron chi connectivity index (χ4n) is 3.42. The number of benzene rings is 1. The number of anilines is 1. The second-order valence-electron chi connectivity index (χ2n) is 5.86. The molecule has 0 unspecified atom stereocenters. The van der Waals surface area contributed by atoms with E-state index >= 15 is 0 Å². The Morgan fingerprint density at radius 3 is 2.05 bits per heavy atom. The van der Waals surface area contributed by atoms with Crippen LogP contribution < -0.4 is 10.2 Å². The van der Waals surface area contributed by atoms with Crippen LogP contribution in [-0.4, -0.2) is 26.2 Å². The van der Waals surface area contributed by atoms with E-state index in [9.17, 15) is 8.78 Å². The first kappa shape index (κ1) is 12.9. The van der Waals surface area contributed by atoms with E-state index in [1.54, 1.807) is 0 Å². The molecule has 104 valence electrons. The average molecular weight is 266 g/mol. The number of nitrogens with zero attached hydrogens (tertiary/aromatic N) is 1. The molecule has 0 aromatic heterocycles. The normalized spacial score (nSPS) is 22.7. The molecule has 4 heteroatoms. The summed E-state index contributed by atoms with van der Waals surface area (Å²) in [6.07, 6.45) is 4.73. The molecule has 0 aliphatic carbocycles. The summed E-state index contributed by atoms with van der Waals surface area (Å²) >= 11 is 0. The molecule has 0 radical (unpaired) electrons. The van der Waals surface area contributed by atoms with E-state index in [-0.39, 0.29) is 0 Å². The number of halogens is 2. The van der Waals surface area contributed by atoms with E-state index in [0.717, 1.165) is 45.1 Å². The van der Waals surface area contributed by atoms with Crippen LogP contribution in [0.25, 0.3) is 0 Å². The second-order valence-corrected chi connectivity index (χ2v) is 5.86. The predicted octanol–water partition coefficient (Wildman–Crippen LogP) is 2.93. The molecule has 1 N–H and O–H groups in total. The first-order valence-corrected chi connectivity index (χ1v) is 7.09. The van der Waals surface area contributed by atoms with Gasteiger partial charge in [0.15, 0.2) is 0 Å². The maximum Gasteiger partial charge on any atom is 0.128 e. The Morgan fingerprint density at radius 1 is 0.895 bits per heavy atom. The SMILES string of the molecule is Fc1cc(F)cc(N2CCC3(CCNCC3)CC2)c1. The maximum absolute atomic E-state index is 13.3. The molecule has 19 heavy (non-hydrogen) atoms. The minimum absolute atomic E-state index is 0.466. The summed E-state index contributed by atoms with van der Waals surface area (Å²) in [7, 11) is 0. The van der Waals surface area contributed by atoms with Gasteiger partial charge in [-0.25, -0.2) is 8.78 Å². The fraction of sp³-hybridized carbons (Fsp3) is 0.600. The van der Waals surface area contributed by atoms with Gasteiger partial charge in [-0.05, 0) is 56.3 Å². The van der Waals surface area contributed by atoms with Crippen molar-refractivity contribution in [2.45, 2.75) is 25.7 Å². The Bertz CT molecular complexity index is 425. The molecule has 2 aliphatic rings. The second kappa shape index (κ2) is 5.08. The lowest BCUT2D eigenvalue weighted by Crippen LogP contribution is -2.45. The Labute approximate surface area is 112 Å². The zero-order valence-corrected chi connectivity index (χ0v) is 11.1. The average Bonchev–Trinajstić information content (AvgIpc) is 2.39. The number of nitrogens with one attached hydrogen (secondary N) is 1. The van der Waals surface area contributed by atoms with Crippen molar-refractivity contribution in [3.05, 3.63) is 29.8 Å². The van der Waals surface area contributed by atoms with Crippen molar-refractivity contribution in [2.24, 2.45) is 5.41 Å². The van der Waals surface area contributed by atoms with Crippen LogP contribution in [0.5, 0.6) is 0 Å². The van der Waals surface area contributed by atoms with Gasteiger partial charge >= 0.3 is 0 Å². The first-order chi connectivity index (χ1) is 9.17. The van der Waals surface area contributed by atoms with Crippen LogP contribution in [0.4, 0.5) is 14.5 Å². The van der Waals surface area contributed by atoms with E-state index in [1.165, 1.54) is 25.0 Å². The molecule has 0 amide bonds. The lowest BCUT2D eigenvalue weighted by molar-refractivity contribution is 0.155. The van der Waals surface area contributed by atoms with Gasteiger partial charge in [-0.3, -0.25) is 0 Å². The molecule has 0 saturated carbocycles. The summed E-state index contributed by atoms with van der Waals surface area (Å²) in [6, 6.07) is 3.80. The van der Waals surface area contributed by atoms with Gasteiger partial charge < -0.3 is 10.2 Å². The fourth-order valence-corrected chi connectivity index (χ4v) is 3.42. The van der Waals surface area contributed by atoms with Gasteiger partial charge in [-0.1, -0.05) is 0 Å². The molecule has 3 rings (SSSR count).